The number of anilines is 4. The van der Waals surface area contributed by atoms with Crippen LogP contribution in [0.3, 0.4) is 0 Å². The minimum atomic E-state index is -0.517. The Kier molecular flexibility index (Phi) is 5.75. The van der Waals surface area contributed by atoms with Gasteiger partial charge < -0.3 is 15.4 Å². The molecule has 4 aromatic rings. The van der Waals surface area contributed by atoms with Crippen molar-refractivity contribution in [3.63, 3.8) is 0 Å². The van der Waals surface area contributed by atoms with Gasteiger partial charge in [-0.25, -0.2) is 19.3 Å². The highest BCUT2D eigenvalue weighted by atomic mass is 19.1. The lowest BCUT2D eigenvalue weighted by Gasteiger charge is -2.16. The summed E-state index contributed by atoms with van der Waals surface area (Å²) in [6.07, 6.45) is 4.49. The van der Waals surface area contributed by atoms with Crippen LogP contribution in [0.2, 0.25) is 0 Å². The highest BCUT2D eigenvalue weighted by molar-refractivity contribution is 6.00. The van der Waals surface area contributed by atoms with Crippen LogP contribution < -0.4 is 15.4 Å². The fourth-order valence-electron chi connectivity index (χ4n) is 3.15. The van der Waals surface area contributed by atoms with Crippen molar-refractivity contribution in [1.82, 2.24) is 24.7 Å². The van der Waals surface area contributed by atoms with Crippen molar-refractivity contribution in [3.05, 3.63) is 66.5 Å². The number of aryl methyl sites for hydroxylation is 1. The molecular weight excluding hydrogens is 413 g/mol. The van der Waals surface area contributed by atoms with Gasteiger partial charge in [0, 0.05) is 25.5 Å². The normalized spacial score (nSPS) is 10.6. The van der Waals surface area contributed by atoms with Crippen LogP contribution in [0.25, 0.3) is 11.4 Å². The number of Topliss-reactive ketones (excluding diaryl/α,β-unsaturated/α-hetero) is 1. The summed E-state index contributed by atoms with van der Waals surface area (Å²) in [5, 5.41) is 10.4. The highest BCUT2D eigenvalue weighted by Gasteiger charge is 2.17. The van der Waals surface area contributed by atoms with Gasteiger partial charge in [-0.05, 0) is 31.2 Å². The molecule has 32 heavy (non-hydrogen) atoms. The summed E-state index contributed by atoms with van der Waals surface area (Å²) in [5.74, 6) is 0.658. The Morgan fingerprint density at radius 3 is 2.62 bits per heavy atom. The van der Waals surface area contributed by atoms with Crippen LogP contribution in [0.5, 0.6) is 5.75 Å². The molecule has 0 saturated heterocycles. The summed E-state index contributed by atoms with van der Waals surface area (Å²) >= 11 is 0. The van der Waals surface area contributed by atoms with Crippen LogP contribution >= 0.6 is 0 Å². The molecule has 2 N–H and O–H groups in total. The topological polar surface area (TPSA) is 107 Å². The number of nitrogens with one attached hydrogen (secondary N) is 2. The van der Waals surface area contributed by atoms with Gasteiger partial charge in [-0.15, -0.1) is 0 Å². The quantitative estimate of drug-likeness (QED) is 0.420. The number of para-hydroxylation sites is 1. The van der Waals surface area contributed by atoms with Crippen LogP contribution in [-0.4, -0.2) is 37.6 Å². The van der Waals surface area contributed by atoms with Crippen LogP contribution in [0, 0.1) is 5.82 Å². The highest BCUT2D eigenvalue weighted by Crippen LogP contribution is 2.37. The molecule has 3 heterocycles. The standard InChI is InChI=1S/C22H20FN7O2/c1-13(31)15-11-25-19(28-22-16(23)7-5-9-24-22)10-18(15)27-17-8-4-6-14(20(17)32-3)21-26-12-30(2)29-21/h4-12H,1-3H3,(H2,24,25,27,28). The smallest absolute Gasteiger partial charge is 0.184 e. The van der Waals surface area contributed by atoms with Crippen molar-refractivity contribution >= 4 is 28.8 Å². The number of halogens is 1. The first-order valence-corrected chi connectivity index (χ1v) is 9.65. The molecule has 0 fully saturated rings. The van der Waals surface area contributed by atoms with E-state index in [9.17, 15) is 9.18 Å². The van der Waals surface area contributed by atoms with Gasteiger partial charge in [0.15, 0.2) is 29.0 Å². The summed E-state index contributed by atoms with van der Waals surface area (Å²) in [6.45, 7) is 1.44. The maximum absolute atomic E-state index is 14.0. The zero-order chi connectivity index (χ0) is 22.7. The van der Waals surface area contributed by atoms with E-state index in [1.165, 1.54) is 31.5 Å². The van der Waals surface area contributed by atoms with Crippen molar-refractivity contribution in [2.75, 3.05) is 17.7 Å². The van der Waals surface area contributed by atoms with Gasteiger partial charge >= 0.3 is 0 Å². The van der Waals surface area contributed by atoms with Gasteiger partial charge in [-0.1, -0.05) is 6.07 Å². The van der Waals surface area contributed by atoms with E-state index in [0.717, 1.165) is 0 Å². The SMILES string of the molecule is COc1c(Nc2cc(Nc3ncccc3F)ncc2C(C)=O)cccc1-c1ncn(C)n1. The van der Waals surface area contributed by atoms with Gasteiger partial charge in [-0.3, -0.25) is 9.48 Å². The molecule has 1 aromatic carbocycles. The lowest BCUT2D eigenvalue weighted by Crippen LogP contribution is -2.06. The van der Waals surface area contributed by atoms with Crippen molar-refractivity contribution in [3.8, 4) is 17.1 Å². The van der Waals surface area contributed by atoms with Gasteiger partial charge in [-0.2, -0.15) is 5.10 Å². The van der Waals surface area contributed by atoms with Crippen LogP contribution in [0.15, 0.2) is 55.1 Å². The Morgan fingerprint density at radius 2 is 1.94 bits per heavy atom. The van der Waals surface area contributed by atoms with Crippen molar-refractivity contribution < 1.29 is 13.9 Å². The van der Waals surface area contributed by atoms with Gasteiger partial charge in [0.25, 0.3) is 0 Å². The molecule has 0 saturated carbocycles. The summed E-state index contributed by atoms with van der Waals surface area (Å²) in [6, 6.07) is 9.87. The number of nitrogens with zero attached hydrogens (tertiary/aromatic N) is 5. The van der Waals surface area contributed by atoms with E-state index in [0.29, 0.717) is 39.9 Å². The Morgan fingerprint density at radius 1 is 1.09 bits per heavy atom. The van der Waals surface area contributed by atoms with Crippen LogP contribution in [0.4, 0.5) is 27.4 Å². The molecule has 10 heteroatoms. The average Bonchev–Trinajstić information content (AvgIpc) is 3.21. The van der Waals surface area contributed by atoms with Crippen LogP contribution in [-0.2, 0) is 7.05 Å². The number of aromatic nitrogens is 5. The first-order valence-electron chi connectivity index (χ1n) is 9.65. The molecule has 3 aromatic heterocycles. The monoisotopic (exact) mass is 433 g/mol. The zero-order valence-corrected chi connectivity index (χ0v) is 17.6. The third-order valence-corrected chi connectivity index (χ3v) is 4.62. The molecule has 4 rings (SSSR count). The molecule has 0 aliphatic carbocycles. The minimum Gasteiger partial charge on any atom is -0.494 e. The maximum atomic E-state index is 14.0. The number of carbonyl (C=O) groups excluding carboxylic acids is 1. The fraction of sp³-hybridized carbons (Fsp3) is 0.136. The molecule has 9 nitrogen and oxygen atoms in total. The second kappa shape index (κ2) is 8.80. The molecule has 0 bridgehead atoms. The molecular formula is C22H20FN7O2. The summed E-state index contributed by atoms with van der Waals surface area (Å²) in [5.41, 5.74) is 2.11. The molecule has 162 valence electrons. The maximum Gasteiger partial charge on any atom is 0.184 e. The molecule has 0 atom stereocenters. The Balaban J connectivity index is 1.73. The number of hydrogen-bond acceptors (Lipinski definition) is 8. The van der Waals surface area contributed by atoms with Gasteiger partial charge in [0.2, 0.25) is 0 Å². The number of rotatable bonds is 7. The summed E-state index contributed by atoms with van der Waals surface area (Å²) < 4.78 is 21.2. The average molecular weight is 433 g/mol. The second-order valence-corrected chi connectivity index (χ2v) is 6.88. The fourth-order valence-corrected chi connectivity index (χ4v) is 3.15. The van der Waals surface area contributed by atoms with Gasteiger partial charge in [0.1, 0.15) is 12.1 Å². The number of pyridine rings is 2. The van der Waals surface area contributed by atoms with E-state index in [1.807, 2.05) is 12.1 Å². The Hall–Kier alpha value is -4.34. The Labute approximate surface area is 183 Å². The number of ether oxygens (including phenoxy) is 1. The second-order valence-electron chi connectivity index (χ2n) is 6.88. The third kappa shape index (κ3) is 4.24. The van der Waals surface area contributed by atoms with E-state index in [4.69, 9.17) is 4.74 Å². The van der Waals surface area contributed by atoms with E-state index in [2.05, 4.69) is 30.7 Å². The minimum absolute atomic E-state index is 0.0299. The van der Waals surface area contributed by atoms with Crippen molar-refractivity contribution in [1.29, 1.82) is 0 Å². The first kappa shape index (κ1) is 20.9. The molecule has 0 unspecified atom stereocenters. The first-order chi connectivity index (χ1) is 15.5. The van der Waals surface area contributed by atoms with Gasteiger partial charge in [0.05, 0.1) is 29.6 Å². The van der Waals surface area contributed by atoms with Crippen molar-refractivity contribution in [2.24, 2.45) is 7.05 Å². The van der Waals surface area contributed by atoms with E-state index in [1.54, 1.807) is 37.3 Å². The van der Waals surface area contributed by atoms with E-state index >= 15 is 0 Å². The summed E-state index contributed by atoms with van der Waals surface area (Å²) in [7, 11) is 3.32. The predicted molar refractivity (Wildman–Crippen MR) is 118 cm³/mol. The number of carbonyl (C=O) groups is 1. The molecule has 0 amide bonds. The number of ketones is 1. The Bertz CT molecular complexity index is 1290. The van der Waals surface area contributed by atoms with Crippen molar-refractivity contribution in [2.45, 2.75) is 6.92 Å². The zero-order valence-electron chi connectivity index (χ0n) is 17.6. The van der Waals surface area contributed by atoms with E-state index < -0.39 is 5.82 Å². The van der Waals surface area contributed by atoms with Crippen LogP contribution in [0.1, 0.15) is 17.3 Å². The summed E-state index contributed by atoms with van der Waals surface area (Å²) in [4.78, 5) is 24.7. The number of hydrogen-bond donors (Lipinski definition) is 2. The number of methoxy groups -OCH3 is 1. The van der Waals surface area contributed by atoms with E-state index in [-0.39, 0.29) is 11.6 Å². The lowest BCUT2D eigenvalue weighted by molar-refractivity contribution is 0.101. The number of benzene rings is 1. The molecule has 0 aliphatic heterocycles. The lowest BCUT2D eigenvalue weighted by atomic mass is 10.1. The molecule has 0 radical (unpaired) electrons. The largest absolute Gasteiger partial charge is 0.494 e. The molecule has 0 aliphatic rings. The molecule has 0 spiro atoms. The predicted octanol–water partition coefficient (Wildman–Crippen LogP) is 4.11. The third-order valence-electron chi connectivity index (χ3n) is 4.62.